The Hall–Kier alpha value is -2.32. The quantitative estimate of drug-likeness (QED) is 0.0243. The van der Waals surface area contributed by atoms with Crippen LogP contribution in [0.3, 0.4) is 0 Å². The first-order chi connectivity index (χ1) is 34.5. The van der Waals surface area contributed by atoms with Crippen molar-refractivity contribution < 1.29 is 32.9 Å². The monoisotopic (exact) mass is 1010 g/mol. The number of nitrogens with one attached hydrogen (secondary N) is 1. The number of rotatable bonds is 53. The van der Waals surface area contributed by atoms with Gasteiger partial charge in [-0.3, -0.25) is 13.8 Å². The number of aliphatic hydroxyl groups is 1. The number of phosphoric acid groups is 1. The van der Waals surface area contributed by atoms with E-state index in [-0.39, 0.29) is 19.1 Å². The van der Waals surface area contributed by atoms with Crippen LogP contribution in [0.25, 0.3) is 0 Å². The van der Waals surface area contributed by atoms with Crippen molar-refractivity contribution in [3.05, 3.63) is 85.1 Å². The Bertz CT molecular complexity index is 1430. The molecule has 0 saturated heterocycles. The third kappa shape index (κ3) is 55.3. The molecule has 0 aromatic rings. The van der Waals surface area contributed by atoms with Crippen molar-refractivity contribution in [3.8, 4) is 0 Å². The summed E-state index contributed by atoms with van der Waals surface area (Å²) >= 11 is 0. The lowest BCUT2D eigenvalue weighted by molar-refractivity contribution is -0.870. The van der Waals surface area contributed by atoms with Crippen molar-refractivity contribution in [2.75, 3.05) is 40.9 Å². The number of quaternary nitrogens is 1. The van der Waals surface area contributed by atoms with Crippen LogP contribution in [-0.4, -0.2) is 73.4 Å². The molecular formula is C62H114N2O6P+. The van der Waals surface area contributed by atoms with E-state index in [4.69, 9.17) is 9.05 Å². The van der Waals surface area contributed by atoms with Crippen LogP contribution in [0, 0.1) is 0 Å². The van der Waals surface area contributed by atoms with Gasteiger partial charge >= 0.3 is 7.82 Å². The number of carbonyl (C=O) groups excluding carboxylic acids is 1. The van der Waals surface area contributed by atoms with Crippen molar-refractivity contribution in [3.63, 3.8) is 0 Å². The third-order valence-corrected chi connectivity index (χ3v) is 13.9. The zero-order valence-corrected chi connectivity index (χ0v) is 47.8. The first kappa shape index (κ1) is 68.7. The number of allylic oxidation sites excluding steroid dienone is 14. The highest BCUT2D eigenvalue weighted by Gasteiger charge is 2.28. The number of aliphatic hydroxyl groups excluding tert-OH is 1. The molecule has 412 valence electrons. The Morgan fingerprint density at radius 1 is 0.493 bits per heavy atom. The van der Waals surface area contributed by atoms with Gasteiger partial charge < -0.3 is 19.8 Å². The highest BCUT2D eigenvalue weighted by molar-refractivity contribution is 7.47. The smallest absolute Gasteiger partial charge is 0.391 e. The molecule has 0 saturated carbocycles. The Labute approximate surface area is 439 Å². The molecule has 0 heterocycles. The molecule has 0 aliphatic rings. The predicted octanol–water partition coefficient (Wildman–Crippen LogP) is 18.0. The molecule has 0 aliphatic carbocycles. The fourth-order valence-electron chi connectivity index (χ4n) is 8.32. The predicted molar refractivity (Wildman–Crippen MR) is 309 cm³/mol. The SMILES string of the molecule is CC/C=C\C/C=C\C/C=C\C/C=C\C/C=C\C/C=C\C/C=C\CCCCCC(=O)NC(COP(=O)(O)OCC[N+](C)(C)C)C(O)CCCCCCCCCCCCCCCCCCCCCCCCCC. The van der Waals surface area contributed by atoms with E-state index in [0.717, 1.165) is 89.9 Å². The van der Waals surface area contributed by atoms with Crippen LogP contribution in [0.15, 0.2) is 85.1 Å². The number of carbonyl (C=O) groups is 1. The average molecular weight is 1010 g/mol. The van der Waals surface area contributed by atoms with Gasteiger partial charge in [0.2, 0.25) is 5.91 Å². The van der Waals surface area contributed by atoms with Gasteiger partial charge in [-0.1, -0.05) is 259 Å². The molecular weight excluding hydrogens is 900 g/mol. The second-order valence-electron chi connectivity index (χ2n) is 21.0. The molecule has 0 aromatic carbocycles. The average Bonchev–Trinajstić information content (AvgIpc) is 3.33. The van der Waals surface area contributed by atoms with Crippen LogP contribution >= 0.6 is 7.82 Å². The van der Waals surface area contributed by atoms with Gasteiger partial charge in [0.15, 0.2) is 0 Å². The number of hydrogen-bond acceptors (Lipinski definition) is 5. The largest absolute Gasteiger partial charge is 0.472 e. The lowest BCUT2D eigenvalue weighted by Gasteiger charge is -2.26. The topological polar surface area (TPSA) is 105 Å². The van der Waals surface area contributed by atoms with E-state index < -0.39 is 20.0 Å². The van der Waals surface area contributed by atoms with Crippen LogP contribution < -0.4 is 5.32 Å². The fourth-order valence-corrected chi connectivity index (χ4v) is 9.06. The minimum Gasteiger partial charge on any atom is -0.391 e. The summed E-state index contributed by atoms with van der Waals surface area (Å²) in [6.45, 7) is 4.76. The number of amides is 1. The fraction of sp³-hybridized carbons (Fsp3) is 0.758. The normalized spacial score (nSPS) is 14.5. The summed E-state index contributed by atoms with van der Waals surface area (Å²) in [5.41, 5.74) is 0. The molecule has 1 amide bonds. The number of phosphoric ester groups is 1. The first-order valence-corrected chi connectivity index (χ1v) is 30.9. The van der Waals surface area contributed by atoms with Gasteiger partial charge in [-0.25, -0.2) is 4.57 Å². The molecule has 0 radical (unpaired) electrons. The van der Waals surface area contributed by atoms with E-state index in [1.165, 1.54) is 135 Å². The second kappa shape index (κ2) is 52.5. The summed E-state index contributed by atoms with van der Waals surface area (Å²) in [6, 6.07) is -0.786. The van der Waals surface area contributed by atoms with Gasteiger partial charge in [-0.15, -0.1) is 0 Å². The summed E-state index contributed by atoms with van der Waals surface area (Å²) < 4.78 is 23.8. The molecule has 0 rings (SSSR count). The summed E-state index contributed by atoms with van der Waals surface area (Å²) in [6.07, 6.45) is 73.6. The number of likely N-dealkylation sites (N-methyl/N-ethyl adjacent to an activating group) is 1. The van der Waals surface area contributed by atoms with Gasteiger partial charge in [0.05, 0.1) is 39.9 Å². The van der Waals surface area contributed by atoms with Crippen molar-refractivity contribution in [2.45, 2.75) is 264 Å². The Balaban J connectivity index is 4.26. The first-order valence-electron chi connectivity index (χ1n) is 29.5. The minimum atomic E-state index is -4.34. The second-order valence-corrected chi connectivity index (χ2v) is 22.4. The molecule has 0 aliphatic heterocycles. The molecule has 8 nitrogen and oxygen atoms in total. The maximum Gasteiger partial charge on any atom is 0.472 e. The van der Waals surface area contributed by atoms with E-state index in [9.17, 15) is 19.4 Å². The van der Waals surface area contributed by atoms with Crippen LogP contribution in [-0.2, 0) is 18.4 Å². The molecule has 0 bridgehead atoms. The number of unbranched alkanes of at least 4 members (excludes halogenated alkanes) is 26. The van der Waals surface area contributed by atoms with E-state index in [0.29, 0.717) is 23.9 Å². The lowest BCUT2D eigenvalue weighted by atomic mass is 10.0. The summed E-state index contributed by atoms with van der Waals surface area (Å²) in [5.74, 6) is -0.177. The Morgan fingerprint density at radius 2 is 0.845 bits per heavy atom. The Kier molecular flexibility index (Phi) is 50.8. The molecule has 3 unspecified atom stereocenters. The number of nitrogens with zero attached hydrogens (tertiary/aromatic N) is 1. The van der Waals surface area contributed by atoms with Crippen molar-refractivity contribution >= 4 is 13.7 Å². The van der Waals surface area contributed by atoms with Crippen LogP contribution in [0.5, 0.6) is 0 Å². The van der Waals surface area contributed by atoms with E-state index in [1.807, 2.05) is 21.1 Å². The van der Waals surface area contributed by atoms with E-state index in [2.05, 4.69) is 104 Å². The molecule has 0 aromatic heterocycles. The van der Waals surface area contributed by atoms with Crippen LogP contribution in [0.4, 0.5) is 0 Å². The highest BCUT2D eigenvalue weighted by atomic mass is 31.2. The van der Waals surface area contributed by atoms with Crippen molar-refractivity contribution in [2.24, 2.45) is 0 Å². The minimum absolute atomic E-state index is 0.0636. The van der Waals surface area contributed by atoms with Gasteiger partial charge in [0.1, 0.15) is 13.2 Å². The molecule has 0 spiro atoms. The van der Waals surface area contributed by atoms with E-state index >= 15 is 0 Å². The third-order valence-electron chi connectivity index (χ3n) is 12.9. The zero-order valence-electron chi connectivity index (χ0n) is 46.9. The standard InChI is InChI=1S/C62H113N2O6P/c1-6-8-10-12-14-16-18-20-22-24-26-28-30-32-34-36-38-40-42-44-46-48-50-52-54-56-62(66)63-60(59-70-71(67,68)69-58-57-64(3,4)5)61(65)55-53-51-49-47-45-43-41-39-37-35-33-31-29-27-25-23-21-19-17-15-13-11-9-7-2/h8,10,14,16,20,22,26,28,32,34,38,40,44,46,60-61,65H,6-7,9,11-13,15,17-19,21,23-25,27,29-31,33,35-37,39,41-43,45,47-59H2,1-5H3,(H-,63,66,67,68)/p+1/b10-8-,16-14-,22-20-,28-26-,34-32-,40-38-,46-44-. The van der Waals surface area contributed by atoms with Crippen molar-refractivity contribution in [1.82, 2.24) is 5.32 Å². The summed E-state index contributed by atoms with van der Waals surface area (Å²) in [7, 11) is 1.58. The van der Waals surface area contributed by atoms with Crippen LogP contribution in [0.1, 0.15) is 251 Å². The van der Waals surface area contributed by atoms with Gasteiger partial charge in [-0.05, 0) is 70.6 Å². The molecule has 0 fully saturated rings. The van der Waals surface area contributed by atoms with E-state index in [1.54, 1.807) is 0 Å². The maximum absolute atomic E-state index is 13.0. The Morgan fingerprint density at radius 3 is 1.23 bits per heavy atom. The summed E-state index contributed by atoms with van der Waals surface area (Å²) in [4.78, 5) is 23.3. The molecule has 71 heavy (non-hydrogen) atoms. The highest BCUT2D eigenvalue weighted by Crippen LogP contribution is 2.43. The summed E-state index contributed by atoms with van der Waals surface area (Å²) in [5, 5.41) is 14.1. The van der Waals surface area contributed by atoms with Crippen molar-refractivity contribution in [1.29, 1.82) is 0 Å². The van der Waals surface area contributed by atoms with Gasteiger partial charge in [0, 0.05) is 6.42 Å². The zero-order chi connectivity index (χ0) is 52.0. The van der Waals surface area contributed by atoms with Gasteiger partial charge in [-0.2, -0.15) is 0 Å². The maximum atomic E-state index is 13.0. The number of hydrogen-bond donors (Lipinski definition) is 3. The van der Waals surface area contributed by atoms with Gasteiger partial charge in [0.25, 0.3) is 0 Å². The lowest BCUT2D eigenvalue weighted by Crippen LogP contribution is -2.46. The molecule has 3 N–H and O–H groups in total. The molecule has 9 heteroatoms. The molecule has 3 atom stereocenters. The van der Waals surface area contributed by atoms with Crippen LogP contribution in [0.2, 0.25) is 0 Å².